The summed E-state index contributed by atoms with van der Waals surface area (Å²) in [6, 6.07) is 5.12. The average molecular weight is 277 g/mol. The number of hydrogen-bond acceptors (Lipinski definition) is 6. The zero-order valence-corrected chi connectivity index (χ0v) is 11.5. The predicted octanol–water partition coefficient (Wildman–Crippen LogP) is 1.58. The molecule has 1 heterocycles. The first-order chi connectivity index (χ1) is 9.62. The van der Waals surface area contributed by atoms with Crippen LogP contribution in [-0.4, -0.2) is 30.3 Å². The molecule has 0 saturated carbocycles. The van der Waals surface area contributed by atoms with Crippen molar-refractivity contribution in [1.82, 2.24) is 10.1 Å². The standard InChI is InChI=1S/C13H15N3O4/c1-8-14-13(20-16-8)7-12(17)15-10-5-4-9(18-2)6-11(10)19-3/h4-6H,7H2,1-3H3,(H,15,17). The number of methoxy groups -OCH3 is 2. The van der Waals surface area contributed by atoms with E-state index in [1.54, 1.807) is 32.2 Å². The average Bonchev–Trinajstić information content (AvgIpc) is 2.84. The second-order valence-electron chi connectivity index (χ2n) is 4.03. The van der Waals surface area contributed by atoms with E-state index < -0.39 is 0 Å². The Morgan fingerprint density at radius 2 is 2.15 bits per heavy atom. The fourth-order valence-corrected chi connectivity index (χ4v) is 1.65. The van der Waals surface area contributed by atoms with Crippen LogP contribution in [0, 0.1) is 6.92 Å². The molecule has 2 aromatic rings. The quantitative estimate of drug-likeness (QED) is 0.892. The van der Waals surface area contributed by atoms with Gasteiger partial charge in [0.25, 0.3) is 0 Å². The Labute approximate surface area is 115 Å². The number of rotatable bonds is 5. The lowest BCUT2D eigenvalue weighted by molar-refractivity contribution is -0.115. The van der Waals surface area contributed by atoms with Crippen LogP contribution < -0.4 is 14.8 Å². The molecule has 0 radical (unpaired) electrons. The highest BCUT2D eigenvalue weighted by Crippen LogP contribution is 2.29. The minimum absolute atomic E-state index is 0.00994. The first-order valence-corrected chi connectivity index (χ1v) is 5.93. The van der Waals surface area contributed by atoms with Gasteiger partial charge in [0.2, 0.25) is 11.8 Å². The molecule has 2 rings (SSSR count). The minimum Gasteiger partial charge on any atom is -0.497 e. The van der Waals surface area contributed by atoms with E-state index in [0.717, 1.165) is 0 Å². The summed E-state index contributed by atoms with van der Waals surface area (Å²) in [5.74, 6) is 1.66. The number of aromatic nitrogens is 2. The van der Waals surface area contributed by atoms with Crippen LogP contribution >= 0.6 is 0 Å². The SMILES string of the molecule is COc1ccc(NC(=O)Cc2nc(C)no2)c(OC)c1. The van der Waals surface area contributed by atoms with Crippen LogP contribution in [0.15, 0.2) is 22.7 Å². The molecular weight excluding hydrogens is 262 g/mol. The van der Waals surface area contributed by atoms with E-state index in [2.05, 4.69) is 15.5 Å². The van der Waals surface area contributed by atoms with Gasteiger partial charge in [-0.2, -0.15) is 4.98 Å². The summed E-state index contributed by atoms with van der Waals surface area (Å²) in [7, 11) is 3.08. The number of nitrogens with zero attached hydrogens (tertiary/aromatic N) is 2. The molecule has 0 spiro atoms. The Morgan fingerprint density at radius 3 is 2.75 bits per heavy atom. The highest BCUT2D eigenvalue weighted by molar-refractivity contribution is 5.93. The normalized spacial score (nSPS) is 10.2. The minimum atomic E-state index is -0.267. The molecule has 0 aliphatic carbocycles. The van der Waals surface area contributed by atoms with E-state index in [4.69, 9.17) is 14.0 Å². The van der Waals surface area contributed by atoms with Crippen molar-refractivity contribution in [2.45, 2.75) is 13.3 Å². The fourth-order valence-electron chi connectivity index (χ4n) is 1.65. The third-order valence-corrected chi connectivity index (χ3v) is 2.56. The molecule has 0 saturated heterocycles. The van der Waals surface area contributed by atoms with E-state index in [-0.39, 0.29) is 18.2 Å². The van der Waals surface area contributed by atoms with Crippen LogP contribution in [0.3, 0.4) is 0 Å². The Balaban J connectivity index is 2.07. The van der Waals surface area contributed by atoms with Gasteiger partial charge in [0.15, 0.2) is 5.82 Å². The molecule has 7 heteroatoms. The Bertz CT molecular complexity index is 609. The van der Waals surface area contributed by atoms with Crippen LogP contribution in [0.1, 0.15) is 11.7 Å². The number of nitrogens with one attached hydrogen (secondary N) is 1. The second-order valence-corrected chi connectivity index (χ2v) is 4.03. The molecule has 0 aliphatic heterocycles. The Morgan fingerprint density at radius 1 is 1.35 bits per heavy atom. The van der Waals surface area contributed by atoms with Gasteiger partial charge in [-0.1, -0.05) is 5.16 Å². The molecule has 1 N–H and O–H groups in total. The van der Waals surface area contributed by atoms with Crippen molar-refractivity contribution in [1.29, 1.82) is 0 Å². The molecule has 0 atom stereocenters. The molecule has 1 aromatic heterocycles. The van der Waals surface area contributed by atoms with E-state index in [1.807, 2.05) is 0 Å². The number of amides is 1. The summed E-state index contributed by atoms with van der Waals surface area (Å²) in [5.41, 5.74) is 0.550. The number of ether oxygens (including phenoxy) is 2. The molecule has 20 heavy (non-hydrogen) atoms. The van der Waals surface area contributed by atoms with Gasteiger partial charge < -0.3 is 19.3 Å². The number of benzene rings is 1. The monoisotopic (exact) mass is 277 g/mol. The smallest absolute Gasteiger partial charge is 0.236 e. The highest BCUT2D eigenvalue weighted by atomic mass is 16.5. The van der Waals surface area contributed by atoms with Crippen LogP contribution in [0.2, 0.25) is 0 Å². The number of carbonyl (C=O) groups is 1. The van der Waals surface area contributed by atoms with Gasteiger partial charge >= 0.3 is 0 Å². The Kier molecular flexibility index (Phi) is 4.19. The maximum absolute atomic E-state index is 11.9. The first-order valence-electron chi connectivity index (χ1n) is 5.93. The number of anilines is 1. The van der Waals surface area contributed by atoms with Crippen molar-refractivity contribution < 1.29 is 18.8 Å². The lowest BCUT2D eigenvalue weighted by Crippen LogP contribution is -2.15. The summed E-state index contributed by atoms with van der Waals surface area (Å²) in [6.45, 7) is 1.69. The van der Waals surface area contributed by atoms with Crippen molar-refractivity contribution >= 4 is 11.6 Å². The second kappa shape index (κ2) is 6.05. The van der Waals surface area contributed by atoms with Crippen LogP contribution in [0.25, 0.3) is 0 Å². The van der Waals surface area contributed by atoms with E-state index in [1.165, 1.54) is 7.11 Å². The van der Waals surface area contributed by atoms with E-state index >= 15 is 0 Å². The molecule has 1 aromatic carbocycles. The molecule has 0 bridgehead atoms. The number of carbonyl (C=O) groups excluding carboxylic acids is 1. The predicted molar refractivity (Wildman–Crippen MR) is 70.9 cm³/mol. The van der Waals surface area contributed by atoms with Gasteiger partial charge in [-0.15, -0.1) is 0 Å². The van der Waals surface area contributed by atoms with Gasteiger partial charge in [0, 0.05) is 6.07 Å². The van der Waals surface area contributed by atoms with Crippen molar-refractivity contribution in [3.63, 3.8) is 0 Å². The largest absolute Gasteiger partial charge is 0.497 e. The molecule has 0 fully saturated rings. The zero-order chi connectivity index (χ0) is 14.5. The van der Waals surface area contributed by atoms with Crippen LogP contribution in [0.5, 0.6) is 11.5 Å². The summed E-state index contributed by atoms with van der Waals surface area (Å²) >= 11 is 0. The summed E-state index contributed by atoms with van der Waals surface area (Å²) < 4.78 is 15.2. The van der Waals surface area contributed by atoms with Crippen molar-refractivity contribution in [2.75, 3.05) is 19.5 Å². The van der Waals surface area contributed by atoms with Gasteiger partial charge in [-0.3, -0.25) is 4.79 Å². The molecular formula is C13H15N3O4. The summed E-state index contributed by atoms with van der Waals surface area (Å²) in [5, 5.41) is 6.35. The lowest BCUT2D eigenvalue weighted by Gasteiger charge is -2.10. The molecule has 0 aliphatic rings. The first kappa shape index (κ1) is 13.9. The highest BCUT2D eigenvalue weighted by Gasteiger charge is 2.12. The number of hydrogen-bond donors (Lipinski definition) is 1. The fraction of sp³-hybridized carbons (Fsp3) is 0.308. The summed E-state index contributed by atoms with van der Waals surface area (Å²) in [6.07, 6.45) is 0.00994. The van der Waals surface area contributed by atoms with Gasteiger partial charge in [0.05, 0.1) is 19.9 Å². The van der Waals surface area contributed by atoms with E-state index in [9.17, 15) is 4.79 Å². The topological polar surface area (TPSA) is 86.5 Å². The number of aryl methyl sites for hydroxylation is 1. The van der Waals surface area contributed by atoms with Crippen molar-refractivity contribution in [2.24, 2.45) is 0 Å². The maximum Gasteiger partial charge on any atom is 0.236 e. The third kappa shape index (κ3) is 3.25. The van der Waals surface area contributed by atoms with Crippen molar-refractivity contribution in [3.05, 3.63) is 29.9 Å². The van der Waals surface area contributed by atoms with Gasteiger partial charge in [-0.05, 0) is 19.1 Å². The van der Waals surface area contributed by atoms with Crippen LogP contribution in [0.4, 0.5) is 5.69 Å². The summed E-state index contributed by atoms with van der Waals surface area (Å²) in [4.78, 5) is 15.9. The van der Waals surface area contributed by atoms with Crippen LogP contribution in [-0.2, 0) is 11.2 Å². The molecule has 106 valence electrons. The maximum atomic E-state index is 11.9. The van der Waals surface area contributed by atoms with E-state index in [0.29, 0.717) is 23.0 Å². The van der Waals surface area contributed by atoms with Gasteiger partial charge in [0.1, 0.15) is 17.9 Å². The lowest BCUT2D eigenvalue weighted by atomic mass is 10.2. The van der Waals surface area contributed by atoms with Gasteiger partial charge in [-0.25, -0.2) is 0 Å². The molecule has 1 amide bonds. The molecule has 7 nitrogen and oxygen atoms in total. The zero-order valence-electron chi connectivity index (χ0n) is 11.5. The molecule has 0 unspecified atom stereocenters. The Hall–Kier alpha value is -2.57. The third-order valence-electron chi connectivity index (χ3n) is 2.56. The van der Waals surface area contributed by atoms with Crippen molar-refractivity contribution in [3.8, 4) is 11.5 Å².